The molecule has 4 rings (SSSR count). The SMILES string of the molecule is CCSc1ccccc1C(=O)NCCN1CCN(c2nc3ccc(Cl)cc3s2)CC1. The fourth-order valence-electron chi connectivity index (χ4n) is 3.54. The lowest BCUT2D eigenvalue weighted by Gasteiger charge is -2.34. The normalized spacial score (nSPS) is 14.9. The van der Waals surface area contributed by atoms with Crippen molar-refractivity contribution in [1.29, 1.82) is 0 Å². The van der Waals surface area contributed by atoms with Gasteiger partial charge in [-0.1, -0.05) is 42.0 Å². The van der Waals surface area contributed by atoms with E-state index in [0.29, 0.717) is 6.54 Å². The van der Waals surface area contributed by atoms with Crippen LogP contribution in [0, 0.1) is 0 Å². The number of rotatable bonds is 7. The van der Waals surface area contributed by atoms with Crippen molar-refractivity contribution in [1.82, 2.24) is 15.2 Å². The number of piperazine rings is 1. The molecular weight excluding hydrogens is 436 g/mol. The van der Waals surface area contributed by atoms with Gasteiger partial charge >= 0.3 is 0 Å². The van der Waals surface area contributed by atoms with Crippen LogP contribution in [0.3, 0.4) is 0 Å². The molecule has 30 heavy (non-hydrogen) atoms. The second-order valence-electron chi connectivity index (χ2n) is 7.12. The molecule has 0 saturated carbocycles. The van der Waals surface area contributed by atoms with Gasteiger partial charge < -0.3 is 10.2 Å². The van der Waals surface area contributed by atoms with Gasteiger partial charge in [0.25, 0.3) is 5.91 Å². The van der Waals surface area contributed by atoms with Gasteiger partial charge in [-0.25, -0.2) is 4.98 Å². The third-order valence-electron chi connectivity index (χ3n) is 5.13. The van der Waals surface area contributed by atoms with Gasteiger partial charge in [-0.3, -0.25) is 9.69 Å². The van der Waals surface area contributed by atoms with Crippen LogP contribution >= 0.6 is 34.7 Å². The number of amides is 1. The lowest BCUT2D eigenvalue weighted by atomic mass is 10.2. The maximum atomic E-state index is 12.6. The van der Waals surface area contributed by atoms with E-state index in [2.05, 4.69) is 22.0 Å². The number of hydrogen-bond acceptors (Lipinski definition) is 6. The van der Waals surface area contributed by atoms with Crippen molar-refractivity contribution < 1.29 is 4.79 Å². The van der Waals surface area contributed by atoms with Crippen molar-refractivity contribution in [2.75, 3.05) is 49.9 Å². The molecule has 1 saturated heterocycles. The van der Waals surface area contributed by atoms with Gasteiger partial charge in [-0.2, -0.15) is 0 Å². The molecule has 0 atom stereocenters. The zero-order valence-electron chi connectivity index (χ0n) is 16.9. The molecule has 1 aliphatic heterocycles. The van der Waals surface area contributed by atoms with Crippen LogP contribution in [0.5, 0.6) is 0 Å². The molecule has 1 amide bonds. The van der Waals surface area contributed by atoms with E-state index < -0.39 is 0 Å². The van der Waals surface area contributed by atoms with Crippen LogP contribution in [0.15, 0.2) is 47.4 Å². The van der Waals surface area contributed by atoms with E-state index in [9.17, 15) is 4.79 Å². The summed E-state index contributed by atoms with van der Waals surface area (Å²) in [5.41, 5.74) is 1.77. The van der Waals surface area contributed by atoms with Crippen LogP contribution in [0.4, 0.5) is 5.13 Å². The summed E-state index contributed by atoms with van der Waals surface area (Å²) in [5, 5.41) is 4.89. The number of fused-ring (bicyclic) bond motifs is 1. The molecule has 2 aromatic carbocycles. The van der Waals surface area contributed by atoms with Crippen molar-refractivity contribution in [3.8, 4) is 0 Å². The third-order valence-corrected chi connectivity index (χ3v) is 7.40. The number of hydrogen-bond donors (Lipinski definition) is 1. The minimum absolute atomic E-state index is 0.0123. The van der Waals surface area contributed by atoms with Crippen LogP contribution in [0.2, 0.25) is 5.02 Å². The molecule has 1 N–H and O–H groups in total. The molecule has 5 nitrogen and oxygen atoms in total. The first kappa shape index (κ1) is 21.4. The van der Waals surface area contributed by atoms with Gasteiger partial charge in [0.1, 0.15) is 0 Å². The Morgan fingerprint density at radius 1 is 1.20 bits per heavy atom. The summed E-state index contributed by atoms with van der Waals surface area (Å²) in [5.74, 6) is 0.967. The molecule has 8 heteroatoms. The molecule has 0 bridgehead atoms. The predicted molar refractivity (Wildman–Crippen MR) is 128 cm³/mol. The smallest absolute Gasteiger partial charge is 0.252 e. The summed E-state index contributed by atoms with van der Waals surface area (Å²) in [7, 11) is 0. The van der Waals surface area contributed by atoms with Gasteiger partial charge in [-0.15, -0.1) is 11.8 Å². The van der Waals surface area contributed by atoms with Crippen LogP contribution in [-0.4, -0.2) is 60.8 Å². The van der Waals surface area contributed by atoms with E-state index in [1.165, 1.54) is 0 Å². The van der Waals surface area contributed by atoms with E-state index >= 15 is 0 Å². The molecule has 2 heterocycles. The first-order valence-electron chi connectivity index (χ1n) is 10.2. The summed E-state index contributed by atoms with van der Waals surface area (Å²) >= 11 is 9.49. The summed E-state index contributed by atoms with van der Waals surface area (Å²) in [6.45, 7) is 7.43. The minimum Gasteiger partial charge on any atom is -0.351 e. The van der Waals surface area contributed by atoms with Gasteiger partial charge in [0.05, 0.1) is 15.8 Å². The Morgan fingerprint density at radius 3 is 2.80 bits per heavy atom. The van der Waals surface area contributed by atoms with Crippen molar-refractivity contribution >= 4 is 56.0 Å². The molecule has 1 fully saturated rings. The largest absolute Gasteiger partial charge is 0.351 e. The molecule has 1 aliphatic rings. The number of thiazole rings is 1. The highest BCUT2D eigenvalue weighted by Crippen LogP contribution is 2.31. The first-order chi connectivity index (χ1) is 14.6. The predicted octanol–water partition coefficient (Wildman–Crippen LogP) is 4.61. The number of benzene rings is 2. The molecule has 0 unspecified atom stereocenters. The molecule has 1 aromatic heterocycles. The molecule has 0 spiro atoms. The van der Waals surface area contributed by atoms with Crippen LogP contribution in [-0.2, 0) is 0 Å². The average molecular weight is 461 g/mol. The van der Waals surface area contributed by atoms with E-state index in [1.54, 1.807) is 23.1 Å². The lowest BCUT2D eigenvalue weighted by molar-refractivity contribution is 0.0945. The number of carbonyl (C=O) groups is 1. The van der Waals surface area contributed by atoms with Crippen molar-refractivity contribution in [3.05, 3.63) is 53.1 Å². The number of nitrogens with one attached hydrogen (secondary N) is 1. The lowest BCUT2D eigenvalue weighted by Crippen LogP contribution is -2.48. The Bertz CT molecular complexity index is 1020. The first-order valence-corrected chi connectivity index (χ1v) is 12.4. The highest BCUT2D eigenvalue weighted by Gasteiger charge is 2.20. The fraction of sp³-hybridized carbons (Fsp3) is 0.364. The van der Waals surface area contributed by atoms with E-state index in [0.717, 1.165) is 69.3 Å². The summed E-state index contributed by atoms with van der Waals surface area (Å²) < 4.78 is 1.13. The number of nitrogens with zero attached hydrogens (tertiary/aromatic N) is 3. The maximum Gasteiger partial charge on any atom is 0.252 e. The molecule has 3 aromatic rings. The maximum absolute atomic E-state index is 12.6. The topological polar surface area (TPSA) is 48.5 Å². The van der Waals surface area contributed by atoms with E-state index in [4.69, 9.17) is 16.6 Å². The zero-order chi connectivity index (χ0) is 20.9. The highest BCUT2D eigenvalue weighted by atomic mass is 35.5. The quantitative estimate of drug-likeness (QED) is 0.521. The van der Waals surface area contributed by atoms with Crippen LogP contribution in [0.1, 0.15) is 17.3 Å². The second-order valence-corrected chi connectivity index (χ2v) is 9.87. The van der Waals surface area contributed by atoms with Crippen molar-refractivity contribution in [2.24, 2.45) is 0 Å². The van der Waals surface area contributed by atoms with Crippen molar-refractivity contribution in [3.63, 3.8) is 0 Å². The number of thioether (sulfide) groups is 1. The summed E-state index contributed by atoms with van der Waals surface area (Å²) in [6, 6.07) is 13.7. The monoisotopic (exact) mass is 460 g/mol. The Kier molecular flexibility index (Phi) is 7.15. The Balaban J connectivity index is 1.25. The Hall–Kier alpha value is -1.80. The molecule has 158 valence electrons. The highest BCUT2D eigenvalue weighted by molar-refractivity contribution is 7.99. The Labute approximate surface area is 190 Å². The molecular formula is C22H25ClN4OS2. The summed E-state index contributed by atoms with van der Waals surface area (Å²) in [6.07, 6.45) is 0. The number of aromatic nitrogens is 1. The molecule has 0 aliphatic carbocycles. The van der Waals surface area contributed by atoms with Crippen LogP contribution < -0.4 is 10.2 Å². The van der Waals surface area contributed by atoms with Crippen molar-refractivity contribution in [2.45, 2.75) is 11.8 Å². The minimum atomic E-state index is 0.0123. The van der Waals surface area contributed by atoms with Gasteiger partial charge in [0, 0.05) is 49.2 Å². The number of anilines is 1. The number of carbonyl (C=O) groups excluding carboxylic acids is 1. The average Bonchev–Trinajstić information content (AvgIpc) is 3.18. The fourth-order valence-corrected chi connectivity index (χ4v) is 5.64. The zero-order valence-corrected chi connectivity index (χ0v) is 19.3. The van der Waals surface area contributed by atoms with Gasteiger partial charge in [0.2, 0.25) is 0 Å². The van der Waals surface area contributed by atoms with E-state index in [1.807, 2.05) is 42.5 Å². The second kappa shape index (κ2) is 10.0. The van der Waals surface area contributed by atoms with Gasteiger partial charge in [-0.05, 0) is 36.1 Å². The summed E-state index contributed by atoms with van der Waals surface area (Å²) in [4.78, 5) is 23.1. The van der Waals surface area contributed by atoms with E-state index in [-0.39, 0.29) is 5.91 Å². The van der Waals surface area contributed by atoms with Gasteiger partial charge in [0.15, 0.2) is 5.13 Å². The van der Waals surface area contributed by atoms with Crippen LogP contribution in [0.25, 0.3) is 10.2 Å². The molecule has 0 radical (unpaired) electrons. The number of halogens is 1. The third kappa shape index (κ3) is 5.09. The standard InChI is InChI=1S/C22H25ClN4OS2/c1-2-29-19-6-4-3-5-17(19)21(28)24-9-10-26-11-13-27(14-12-26)22-25-18-8-7-16(23)15-20(18)30-22/h3-8,15H,2,9-14H2,1H3,(H,24,28). The Morgan fingerprint density at radius 2 is 2.00 bits per heavy atom.